The Hall–Kier alpha value is -2.11. The highest BCUT2D eigenvalue weighted by atomic mass is 79.9. The minimum Gasteiger partial charge on any atom is -0.370 e. The average molecular weight is 497 g/mol. The van der Waals surface area contributed by atoms with Gasteiger partial charge in [-0.1, -0.05) is 56.1 Å². The zero-order chi connectivity index (χ0) is 19.1. The summed E-state index contributed by atoms with van der Waals surface area (Å²) in [4.78, 5) is 7.47. The monoisotopic (exact) mass is 495 g/mol. The van der Waals surface area contributed by atoms with Crippen LogP contribution in [0, 0.1) is 0 Å². The largest absolute Gasteiger partial charge is 0.370 e. The Balaban J connectivity index is 1.70. The minimum absolute atomic E-state index is 0.989. The van der Waals surface area contributed by atoms with Crippen LogP contribution in [0.3, 0.4) is 0 Å². The van der Waals surface area contributed by atoms with Crippen LogP contribution in [0.2, 0.25) is 0 Å². The molecule has 0 bridgehead atoms. The van der Waals surface area contributed by atoms with Gasteiger partial charge in [0, 0.05) is 45.6 Å². The van der Waals surface area contributed by atoms with Crippen LogP contribution in [0.25, 0.3) is 28.0 Å². The lowest BCUT2D eigenvalue weighted by Gasteiger charge is -2.19. The van der Waals surface area contributed by atoms with Gasteiger partial charge in [-0.05, 0) is 48.7 Å². The van der Waals surface area contributed by atoms with E-state index in [0.717, 1.165) is 38.9 Å². The lowest BCUT2D eigenvalue weighted by molar-refractivity contribution is 0.949. The fourth-order valence-corrected chi connectivity index (χ4v) is 4.36. The fourth-order valence-electron chi connectivity index (χ4n) is 3.83. The summed E-state index contributed by atoms with van der Waals surface area (Å²) >= 11 is 7.06. The van der Waals surface area contributed by atoms with E-state index in [4.69, 9.17) is 4.98 Å². The van der Waals surface area contributed by atoms with Crippen LogP contribution in [0.5, 0.6) is 0 Å². The molecule has 0 atom stereocenters. The third-order valence-corrected chi connectivity index (χ3v) is 6.36. The summed E-state index contributed by atoms with van der Waals surface area (Å²) in [7, 11) is 0. The van der Waals surface area contributed by atoms with Crippen molar-refractivity contribution in [2.24, 2.45) is 0 Å². The van der Waals surface area contributed by atoms with Gasteiger partial charge in [0.2, 0.25) is 0 Å². The van der Waals surface area contributed by atoms with Crippen LogP contribution in [-0.2, 0) is 0 Å². The van der Waals surface area contributed by atoms with E-state index in [2.05, 4.69) is 108 Å². The van der Waals surface area contributed by atoms with Crippen molar-refractivity contribution in [3.63, 3.8) is 0 Å². The SMILES string of the molecule is Brc1ccc(-c2cn3cc(N4CCCC4)cc(-c4ccc(Br)cc4)c3n2)cc1. The van der Waals surface area contributed by atoms with Crippen LogP contribution < -0.4 is 4.90 Å². The molecule has 3 nitrogen and oxygen atoms in total. The average Bonchev–Trinajstić information content (AvgIpc) is 3.38. The number of anilines is 1. The molecule has 0 radical (unpaired) electrons. The highest BCUT2D eigenvalue weighted by Crippen LogP contribution is 2.33. The second-order valence-corrected chi connectivity index (χ2v) is 9.01. The van der Waals surface area contributed by atoms with Crippen molar-refractivity contribution in [3.05, 3.63) is 75.9 Å². The number of rotatable bonds is 3. The minimum atomic E-state index is 0.989. The Morgan fingerprint density at radius 3 is 2.00 bits per heavy atom. The molecule has 4 aromatic rings. The highest BCUT2D eigenvalue weighted by molar-refractivity contribution is 9.10. The fraction of sp³-hybridized carbons (Fsp3) is 0.174. The van der Waals surface area contributed by atoms with E-state index < -0.39 is 0 Å². The Labute approximate surface area is 181 Å². The molecule has 0 aliphatic carbocycles. The van der Waals surface area contributed by atoms with Crippen LogP contribution in [0.15, 0.2) is 75.9 Å². The number of halogens is 2. The van der Waals surface area contributed by atoms with Crippen molar-refractivity contribution in [3.8, 4) is 22.4 Å². The molecule has 0 spiro atoms. The molecule has 0 N–H and O–H groups in total. The van der Waals surface area contributed by atoms with Crippen molar-refractivity contribution in [1.82, 2.24) is 9.38 Å². The van der Waals surface area contributed by atoms with E-state index in [9.17, 15) is 0 Å². The molecule has 1 aliphatic heterocycles. The predicted molar refractivity (Wildman–Crippen MR) is 123 cm³/mol. The van der Waals surface area contributed by atoms with Gasteiger partial charge in [-0.15, -0.1) is 0 Å². The van der Waals surface area contributed by atoms with E-state index in [1.807, 2.05) is 0 Å². The smallest absolute Gasteiger partial charge is 0.145 e. The van der Waals surface area contributed by atoms with Gasteiger partial charge < -0.3 is 9.30 Å². The molecule has 5 rings (SSSR count). The third kappa shape index (κ3) is 3.38. The van der Waals surface area contributed by atoms with Gasteiger partial charge in [0.05, 0.1) is 11.4 Å². The van der Waals surface area contributed by atoms with Gasteiger partial charge in [-0.3, -0.25) is 0 Å². The zero-order valence-electron chi connectivity index (χ0n) is 15.3. The second kappa shape index (κ2) is 7.37. The maximum absolute atomic E-state index is 5.00. The molecule has 0 saturated carbocycles. The van der Waals surface area contributed by atoms with E-state index in [0.29, 0.717) is 0 Å². The maximum atomic E-state index is 5.00. The molecule has 0 unspecified atom stereocenters. The Kier molecular flexibility index (Phi) is 4.73. The van der Waals surface area contributed by atoms with Crippen molar-refractivity contribution in [2.75, 3.05) is 18.0 Å². The number of aromatic nitrogens is 2. The van der Waals surface area contributed by atoms with Crippen LogP contribution in [0.4, 0.5) is 5.69 Å². The van der Waals surface area contributed by atoms with Crippen LogP contribution >= 0.6 is 31.9 Å². The Morgan fingerprint density at radius 2 is 1.36 bits per heavy atom. The maximum Gasteiger partial charge on any atom is 0.145 e. The summed E-state index contributed by atoms with van der Waals surface area (Å²) < 4.78 is 4.34. The van der Waals surface area contributed by atoms with Gasteiger partial charge in [0.1, 0.15) is 5.65 Å². The molecule has 1 saturated heterocycles. The topological polar surface area (TPSA) is 20.5 Å². The van der Waals surface area contributed by atoms with E-state index in [1.54, 1.807) is 0 Å². The number of pyridine rings is 1. The number of hydrogen-bond donors (Lipinski definition) is 0. The van der Waals surface area contributed by atoms with Gasteiger partial charge in [0.25, 0.3) is 0 Å². The Morgan fingerprint density at radius 1 is 0.750 bits per heavy atom. The number of imidazole rings is 1. The summed E-state index contributed by atoms with van der Waals surface area (Å²) in [6.45, 7) is 2.25. The molecular formula is C23H19Br2N3. The van der Waals surface area contributed by atoms with E-state index in [1.165, 1.54) is 29.7 Å². The predicted octanol–water partition coefficient (Wildman–Crippen LogP) is 6.79. The summed E-state index contributed by atoms with van der Waals surface area (Å²) in [5.41, 5.74) is 6.72. The van der Waals surface area contributed by atoms with Crippen LogP contribution in [-0.4, -0.2) is 22.5 Å². The molecule has 2 aromatic carbocycles. The van der Waals surface area contributed by atoms with Crippen molar-refractivity contribution >= 4 is 43.2 Å². The highest BCUT2D eigenvalue weighted by Gasteiger charge is 2.17. The van der Waals surface area contributed by atoms with Crippen molar-refractivity contribution in [1.29, 1.82) is 0 Å². The summed E-state index contributed by atoms with van der Waals surface area (Å²) in [5.74, 6) is 0. The van der Waals surface area contributed by atoms with Crippen molar-refractivity contribution in [2.45, 2.75) is 12.8 Å². The molecular weight excluding hydrogens is 478 g/mol. The first-order valence-corrected chi connectivity index (χ1v) is 11.1. The number of nitrogens with zero attached hydrogens (tertiary/aromatic N) is 3. The zero-order valence-corrected chi connectivity index (χ0v) is 18.4. The first kappa shape index (κ1) is 18.0. The second-order valence-electron chi connectivity index (χ2n) is 7.18. The molecule has 1 aliphatic rings. The van der Waals surface area contributed by atoms with E-state index in [-0.39, 0.29) is 0 Å². The lowest BCUT2D eigenvalue weighted by atomic mass is 10.1. The molecule has 5 heteroatoms. The quantitative estimate of drug-likeness (QED) is 0.311. The lowest BCUT2D eigenvalue weighted by Crippen LogP contribution is -2.18. The normalized spacial score (nSPS) is 14.1. The van der Waals surface area contributed by atoms with Gasteiger partial charge >= 0.3 is 0 Å². The number of benzene rings is 2. The first-order valence-electron chi connectivity index (χ1n) is 9.47. The van der Waals surface area contributed by atoms with Crippen molar-refractivity contribution < 1.29 is 0 Å². The van der Waals surface area contributed by atoms with Gasteiger partial charge in [-0.25, -0.2) is 4.98 Å². The Bertz CT molecular complexity index is 1130. The number of hydrogen-bond acceptors (Lipinski definition) is 2. The molecule has 3 heterocycles. The molecule has 1 fully saturated rings. The van der Waals surface area contributed by atoms with Gasteiger partial charge in [0.15, 0.2) is 0 Å². The van der Waals surface area contributed by atoms with E-state index >= 15 is 0 Å². The standard InChI is InChI=1S/C23H19Br2N3/c24-18-7-3-16(4-8-18)21-13-20(27-11-1-2-12-27)14-28-15-22(26-23(21)28)17-5-9-19(25)10-6-17/h3-10,13-15H,1-2,11-12H2. The summed E-state index contributed by atoms with van der Waals surface area (Å²) in [6.07, 6.45) is 6.89. The molecule has 140 valence electrons. The molecule has 0 amide bonds. The third-order valence-electron chi connectivity index (χ3n) is 5.30. The van der Waals surface area contributed by atoms with Crippen LogP contribution in [0.1, 0.15) is 12.8 Å². The van der Waals surface area contributed by atoms with Gasteiger partial charge in [-0.2, -0.15) is 0 Å². The molecule has 2 aromatic heterocycles. The summed E-state index contributed by atoms with van der Waals surface area (Å²) in [5, 5.41) is 0. The molecule has 28 heavy (non-hydrogen) atoms. The summed E-state index contributed by atoms with van der Waals surface area (Å²) in [6, 6.07) is 19.1. The first-order chi connectivity index (χ1) is 13.7. The number of fused-ring (bicyclic) bond motifs is 1.